The second-order valence-electron chi connectivity index (χ2n) is 3.49. The van der Waals surface area contributed by atoms with Gasteiger partial charge in [0, 0.05) is 5.39 Å². The summed E-state index contributed by atoms with van der Waals surface area (Å²) >= 11 is 0. The Morgan fingerprint density at radius 2 is 2.12 bits per heavy atom. The van der Waals surface area contributed by atoms with Gasteiger partial charge in [-0.2, -0.15) is 0 Å². The van der Waals surface area contributed by atoms with Crippen LogP contribution in [0.4, 0.5) is 0 Å². The number of phenolic OH excluding ortho intramolecular Hbond substituents is 1. The van der Waals surface area contributed by atoms with Crippen molar-refractivity contribution < 1.29 is 14.3 Å². The molecule has 0 saturated heterocycles. The standard InChI is InChI=1S/C12H9NO3/c1-15-11-8-4-5-16-12(8)13-10-3-2-7(14)6-9(10)11/h2-6,14H,1H3. The lowest BCUT2D eigenvalue weighted by atomic mass is 10.1. The summed E-state index contributed by atoms with van der Waals surface area (Å²) < 4.78 is 10.6. The van der Waals surface area contributed by atoms with Crippen LogP contribution in [0.1, 0.15) is 0 Å². The molecule has 2 heterocycles. The van der Waals surface area contributed by atoms with Gasteiger partial charge in [-0.25, -0.2) is 4.98 Å². The minimum absolute atomic E-state index is 0.190. The molecule has 0 amide bonds. The molecule has 0 radical (unpaired) electrons. The van der Waals surface area contributed by atoms with Gasteiger partial charge in [-0.3, -0.25) is 0 Å². The molecule has 0 aliphatic heterocycles. The summed E-state index contributed by atoms with van der Waals surface area (Å²) in [5.41, 5.74) is 1.27. The molecule has 3 aromatic rings. The van der Waals surface area contributed by atoms with Crippen molar-refractivity contribution in [3.8, 4) is 11.5 Å². The fraction of sp³-hybridized carbons (Fsp3) is 0.0833. The van der Waals surface area contributed by atoms with E-state index in [4.69, 9.17) is 9.15 Å². The van der Waals surface area contributed by atoms with Gasteiger partial charge in [-0.1, -0.05) is 0 Å². The van der Waals surface area contributed by atoms with Crippen molar-refractivity contribution in [2.75, 3.05) is 7.11 Å². The van der Waals surface area contributed by atoms with Crippen LogP contribution in [0.15, 0.2) is 34.9 Å². The first-order chi connectivity index (χ1) is 7.79. The van der Waals surface area contributed by atoms with Crippen molar-refractivity contribution in [1.29, 1.82) is 0 Å². The lowest BCUT2D eigenvalue weighted by Crippen LogP contribution is -1.88. The van der Waals surface area contributed by atoms with Gasteiger partial charge < -0.3 is 14.3 Å². The lowest BCUT2D eigenvalue weighted by Gasteiger charge is -2.06. The Labute approximate surface area is 91.1 Å². The maximum atomic E-state index is 9.47. The van der Waals surface area contributed by atoms with Crippen LogP contribution in [0.5, 0.6) is 11.5 Å². The number of methoxy groups -OCH3 is 1. The van der Waals surface area contributed by atoms with E-state index in [0.717, 1.165) is 16.3 Å². The predicted octanol–water partition coefficient (Wildman–Crippen LogP) is 2.70. The zero-order valence-electron chi connectivity index (χ0n) is 8.60. The largest absolute Gasteiger partial charge is 0.508 e. The van der Waals surface area contributed by atoms with E-state index in [1.165, 1.54) is 0 Å². The third-order valence-corrected chi connectivity index (χ3v) is 2.54. The Balaban J connectivity index is 2.55. The number of hydrogen-bond acceptors (Lipinski definition) is 4. The first-order valence-electron chi connectivity index (χ1n) is 4.83. The molecule has 4 nitrogen and oxygen atoms in total. The summed E-state index contributed by atoms with van der Waals surface area (Å²) in [5, 5.41) is 11.0. The van der Waals surface area contributed by atoms with Crippen molar-refractivity contribution in [2.45, 2.75) is 0 Å². The monoisotopic (exact) mass is 215 g/mol. The van der Waals surface area contributed by atoms with E-state index >= 15 is 0 Å². The molecule has 1 aromatic carbocycles. The second-order valence-corrected chi connectivity index (χ2v) is 3.49. The molecule has 2 aromatic heterocycles. The number of nitrogens with zero attached hydrogens (tertiary/aromatic N) is 1. The number of fused-ring (bicyclic) bond motifs is 2. The van der Waals surface area contributed by atoms with Gasteiger partial charge >= 0.3 is 0 Å². The Morgan fingerprint density at radius 3 is 2.94 bits per heavy atom. The molecular weight excluding hydrogens is 206 g/mol. The number of pyridine rings is 1. The van der Waals surface area contributed by atoms with Crippen molar-refractivity contribution in [3.05, 3.63) is 30.5 Å². The molecule has 0 fully saturated rings. The molecule has 80 valence electrons. The van der Waals surface area contributed by atoms with Crippen molar-refractivity contribution in [2.24, 2.45) is 0 Å². The van der Waals surface area contributed by atoms with Crippen LogP contribution in [-0.2, 0) is 0 Å². The zero-order valence-corrected chi connectivity index (χ0v) is 8.60. The second kappa shape index (κ2) is 3.13. The van der Waals surface area contributed by atoms with Gasteiger partial charge in [0.05, 0.1) is 24.3 Å². The molecule has 0 saturated carbocycles. The van der Waals surface area contributed by atoms with E-state index in [0.29, 0.717) is 11.5 Å². The van der Waals surface area contributed by atoms with E-state index in [1.54, 1.807) is 37.6 Å². The molecular formula is C12H9NO3. The van der Waals surface area contributed by atoms with E-state index in [9.17, 15) is 5.11 Å². The van der Waals surface area contributed by atoms with Gasteiger partial charge in [-0.05, 0) is 24.3 Å². The number of furan rings is 1. The third kappa shape index (κ3) is 1.13. The molecule has 3 rings (SSSR count). The highest BCUT2D eigenvalue weighted by Gasteiger charge is 2.11. The molecule has 0 unspecified atom stereocenters. The number of aromatic hydroxyl groups is 1. The summed E-state index contributed by atoms with van der Waals surface area (Å²) in [6.45, 7) is 0. The van der Waals surface area contributed by atoms with Crippen LogP contribution in [0.3, 0.4) is 0 Å². The molecule has 0 bridgehead atoms. The summed E-state index contributed by atoms with van der Waals surface area (Å²) in [4.78, 5) is 4.33. The summed E-state index contributed by atoms with van der Waals surface area (Å²) in [6, 6.07) is 6.75. The van der Waals surface area contributed by atoms with Gasteiger partial charge in [-0.15, -0.1) is 0 Å². The predicted molar refractivity (Wildman–Crippen MR) is 59.7 cm³/mol. The molecule has 0 spiro atoms. The van der Waals surface area contributed by atoms with E-state index < -0.39 is 0 Å². The van der Waals surface area contributed by atoms with Crippen molar-refractivity contribution in [1.82, 2.24) is 4.98 Å². The minimum Gasteiger partial charge on any atom is -0.508 e. The highest BCUT2D eigenvalue weighted by atomic mass is 16.5. The zero-order chi connectivity index (χ0) is 11.1. The average molecular weight is 215 g/mol. The minimum atomic E-state index is 0.190. The molecule has 0 atom stereocenters. The lowest BCUT2D eigenvalue weighted by molar-refractivity contribution is 0.423. The third-order valence-electron chi connectivity index (χ3n) is 2.54. The van der Waals surface area contributed by atoms with Crippen LogP contribution >= 0.6 is 0 Å². The Bertz CT molecular complexity index is 672. The van der Waals surface area contributed by atoms with Crippen molar-refractivity contribution in [3.63, 3.8) is 0 Å². The first kappa shape index (κ1) is 9.03. The number of aromatic nitrogens is 1. The normalized spacial score (nSPS) is 11.1. The Hall–Kier alpha value is -2.23. The fourth-order valence-corrected chi connectivity index (χ4v) is 1.84. The van der Waals surface area contributed by atoms with Crippen LogP contribution in [0.2, 0.25) is 0 Å². The molecule has 1 N–H and O–H groups in total. The van der Waals surface area contributed by atoms with Gasteiger partial charge in [0.25, 0.3) is 0 Å². The molecule has 4 heteroatoms. The molecule has 0 aliphatic carbocycles. The smallest absolute Gasteiger partial charge is 0.230 e. The summed E-state index contributed by atoms with van der Waals surface area (Å²) in [7, 11) is 1.59. The van der Waals surface area contributed by atoms with Crippen LogP contribution in [0.25, 0.3) is 22.0 Å². The number of benzene rings is 1. The summed E-state index contributed by atoms with van der Waals surface area (Å²) in [6.07, 6.45) is 1.57. The van der Waals surface area contributed by atoms with Gasteiger partial charge in [0.15, 0.2) is 0 Å². The number of phenols is 1. The maximum absolute atomic E-state index is 9.47. The van der Waals surface area contributed by atoms with E-state index in [2.05, 4.69) is 4.98 Å². The Kier molecular flexibility index (Phi) is 1.77. The maximum Gasteiger partial charge on any atom is 0.230 e. The summed E-state index contributed by atoms with van der Waals surface area (Å²) in [5.74, 6) is 0.861. The highest BCUT2D eigenvalue weighted by molar-refractivity contribution is 5.99. The number of rotatable bonds is 1. The highest BCUT2D eigenvalue weighted by Crippen LogP contribution is 2.34. The van der Waals surface area contributed by atoms with Crippen molar-refractivity contribution >= 4 is 22.0 Å². The van der Waals surface area contributed by atoms with E-state index in [1.807, 2.05) is 0 Å². The van der Waals surface area contributed by atoms with Gasteiger partial charge in [0.1, 0.15) is 11.5 Å². The molecule has 0 aliphatic rings. The fourth-order valence-electron chi connectivity index (χ4n) is 1.84. The van der Waals surface area contributed by atoms with Crippen LogP contribution < -0.4 is 4.74 Å². The topological polar surface area (TPSA) is 55.5 Å². The van der Waals surface area contributed by atoms with Crippen LogP contribution in [-0.4, -0.2) is 17.2 Å². The first-order valence-corrected chi connectivity index (χ1v) is 4.83. The average Bonchev–Trinajstić information content (AvgIpc) is 2.73. The van der Waals surface area contributed by atoms with E-state index in [-0.39, 0.29) is 5.75 Å². The number of hydrogen-bond donors (Lipinski definition) is 1. The Morgan fingerprint density at radius 1 is 1.25 bits per heavy atom. The van der Waals surface area contributed by atoms with Gasteiger partial charge in [0.2, 0.25) is 5.71 Å². The van der Waals surface area contributed by atoms with Crippen LogP contribution in [0, 0.1) is 0 Å². The quantitative estimate of drug-likeness (QED) is 0.678. The SMILES string of the molecule is COc1c2cc(O)ccc2nc2occc12. The molecule has 16 heavy (non-hydrogen) atoms. The number of ether oxygens (including phenoxy) is 1.